The van der Waals surface area contributed by atoms with Gasteiger partial charge in [0, 0.05) is 18.0 Å². The van der Waals surface area contributed by atoms with E-state index in [0.717, 1.165) is 21.8 Å². The number of nitrogens with zero attached hydrogens (tertiary/aromatic N) is 1. The molecule has 0 aliphatic carbocycles. The third-order valence-corrected chi connectivity index (χ3v) is 6.32. The first kappa shape index (κ1) is 21.2. The molecule has 0 radical (unpaired) electrons. The molecule has 1 amide bonds. The average molecular weight is 438 g/mol. The molecule has 3 aromatic rings. The number of hydrogen-bond donors (Lipinski definition) is 0. The molecular formula is C25H27NO4S. The van der Waals surface area contributed by atoms with Gasteiger partial charge in [-0.05, 0) is 54.1 Å². The zero-order chi connectivity index (χ0) is 21.6. The predicted molar refractivity (Wildman–Crippen MR) is 122 cm³/mol. The second-order valence-electron chi connectivity index (χ2n) is 7.53. The molecule has 31 heavy (non-hydrogen) atoms. The fourth-order valence-corrected chi connectivity index (χ4v) is 4.40. The third kappa shape index (κ3) is 5.02. The highest BCUT2D eigenvalue weighted by Crippen LogP contribution is 2.31. The minimum atomic E-state index is -0.162. The molecule has 5 nitrogen and oxygen atoms in total. The van der Waals surface area contributed by atoms with E-state index in [0.29, 0.717) is 44.2 Å². The Balaban J connectivity index is 1.42. The number of hydrogen-bond acceptors (Lipinski definition) is 5. The Hall–Kier alpha value is -2.99. The van der Waals surface area contributed by atoms with Gasteiger partial charge in [-0.2, -0.15) is 0 Å². The van der Waals surface area contributed by atoms with E-state index in [2.05, 4.69) is 0 Å². The number of rotatable bonds is 8. The van der Waals surface area contributed by atoms with E-state index >= 15 is 0 Å². The number of amides is 1. The Bertz CT molecular complexity index is 1020. The smallest absolute Gasteiger partial charge is 0.229 e. The van der Waals surface area contributed by atoms with Crippen molar-refractivity contribution in [2.45, 2.75) is 26.5 Å². The summed E-state index contributed by atoms with van der Waals surface area (Å²) in [6.07, 6.45) is 0.713. The van der Waals surface area contributed by atoms with Crippen LogP contribution < -0.4 is 14.2 Å². The van der Waals surface area contributed by atoms with Gasteiger partial charge in [-0.3, -0.25) is 4.79 Å². The van der Waals surface area contributed by atoms with Gasteiger partial charge in [-0.25, -0.2) is 0 Å². The van der Waals surface area contributed by atoms with Crippen LogP contribution in [0.15, 0.2) is 60.0 Å². The van der Waals surface area contributed by atoms with Gasteiger partial charge in [0.15, 0.2) is 11.5 Å². The summed E-state index contributed by atoms with van der Waals surface area (Å²) in [6, 6.07) is 17.9. The lowest BCUT2D eigenvalue weighted by molar-refractivity contribution is -0.137. The second kappa shape index (κ2) is 9.88. The van der Waals surface area contributed by atoms with Gasteiger partial charge in [0.2, 0.25) is 5.91 Å². The predicted octanol–water partition coefficient (Wildman–Crippen LogP) is 4.94. The topological polar surface area (TPSA) is 48.0 Å². The van der Waals surface area contributed by atoms with Crippen molar-refractivity contribution in [1.82, 2.24) is 4.90 Å². The summed E-state index contributed by atoms with van der Waals surface area (Å²) in [5.41, 5.74) is 2.10. The van der Waals surface area contributed by atoms with Crippen LogP contribution in [0.3, 0.4) is 0 Å². The summed E-state index contributed by atoms with van der Waals surface area (Å²) < 4.78 is 17.3. The van der Waals surface area contributed by atoms with E-state index in [1.54, 1.807) is 18.4 Å². The van der Waals surface area contributed by atoms with Crippen molar-refractivity contribution in [1.29, 1.82) is 0 Å². The zero-order valence-corrected chi connectivity index (χ0v) is 18.7. The number of fused-ring (bicyclic) bond motifs is 1. The molecule has 1 aromatic heterocycles. The van der Waals surface area contributed by atoms with Crippen molar-refractivity contribution in [3.8, 4) is 17.2 Å². The van der Waals surface area contributed by atoms with Gasteiger partial charge in [0.05, 0.1) is 13.0 Å². The first-order valence-corrected chi connectivity index (χ1v) is 11.4. The standard InChI is InChI=1S/C25H27NO4S/c1-3-26(25(27)20-14-19-7-4-5-9-22(19)29-16-20)15-18-10-11-23(24(13-18)28-2)30-17-21-8-6-12-31-21/h4-13,20H,3,14-17H2,1-2H3. The number of thiophene rings is 1. The number of carbonyl (C=O) groups excluding carboxylic acids is 1. The van der Waals surface area contributed by atoms with Crippen LogP contribution in [0.2, 0.25) is 0 Å². The fraction of sp³-hybridized carbons (Fsp3) is 0.320. The van der Waals surface area contributed by atoms with Crippen molar-refractivity contribution >= 4 is 17.2 Å². The quantitative estimate of drug-likeness (QED) is 0.501. The van der Waals surface area contributed by atoms with Crippen LogP contribution in [-0.4, -0.2) is 31.1 Å². The maximum atomic E-state index is 13.2. The summed E-state index contributed by atoms with van der Waals surface area (Å²) in [5, 5.41) is 2.03. The van der Waals surface area contributed by atoms with Crippen LogP contribution in [-0.2, 0) is 24.4 Å². The maximum absolute atomic E-state index is 13.2. The minimum Gasteiger partial charge on any atom is -0.493 e. The molecule has 6 heteroatoms. The molecule has 0 N–H and O–H groups in total. The third-order valence-electron chi connectivity index (χ3n) is 5.47. The molecule has 4 rings (SSSR count). The van der Waals surface area contributed by atoms with Crippen LogP contribution in [0.25, 0.3) is 0 Å². The molecule has 162 valence electrons. The molecule has 0 fully saturated rings. The van der Waals surface area contributed by atoms with E-state index in [1.165, 1.54) is 0 Å². The molecule has 2 heterocycles. The van der Waals surface area contributed by atoms with E-state index in [4.69, 9.17) is 14.2 Å². The Morgan fingerprint density at radius 3 is 2.81 bits per heavy atom. The molecule has 0 saturated carbocycles. The Morgan fingerprint density at radius 2 is 2.03 bits per heavy atom. The highest BCUT2D eigenvalue weighted by molar-refractivity contribution is 7.09. The summed E-state index contributed by atoms with van der Waals surface area (Å²) >= 11 is 1.66. The highest BCUT2D eigenvalue weighted by Gasteiger charge is 2.29. The summed E-state index contributed by atoms with van der Waals surface area (Å²) in [7, 11) is 1.64. The van der Waals surface area contributed by atoms with E-state index in [-0.39, 0.29) is 11.8 Å². The van der Waals surface area contributed by atoms with Crippen LogP contribution in [0.5, 0.6) is 17.2 Å². The van der Waals surface area contributed by atoms with Gasteiger partial charge in [0.1, 0.15) is 19.0 Å². The molecule has 0 spiro atoms. The summed E-state index contributed by atoms with van der Waals surface area (Å²) in [5.74, 6) is 2.22. The molecule has 1 aliphatic rings. The highest BCUT2D eigenvalue weighted by atomic mass is 32.1. The average Bonchev–Trinajstić information content (AvgIpc) is 3.34. The fourth-order valence-electron chi connectivity index (χ4n) is 3.78. The lowest BCUT2D eigenvalue weighted by Gasteiger charge is -2.30. The van der Waals surface area contributed by atoms with Gasteiger partial charge >= 0.3 is 0 Å². The Labute approximate surface area is 187 Å². The number of methoxy groups -OCH3 is 1. The lowest BCUT2D eigenvalue weighted by atomic mass is 9.95. The van der Waals surface area contributed by atoms with Gasteiger partial charge < -0.3 is 19.1 Å². The monoisotopic (exact) mass is 437 g/mol. The van der Waals surface area contributed by atoms with E-state index in [9.17, 15) is 4.79 Å². The minimum absolute atomic E-state index is 0.119. The van der Waals surface area contributed by atoms with Crippen molar-refractivity contribution < 1.29 is 19.0 Å². The van der Waals surface area contributed by atoms with Crippen LogP contribution >= 0.6 is 11.3 Å². The first-order chi connectivity index (χ1) is 15.2. The number of para-hydroxylation sites is 1. The van der Waals surface area contributed by atoms with E-state index in [1.807, 2.05) is 71.8 Å². The molecule has 0 bridgehead atoms. The second-order valence-corrected chi connectivity index (χ2v) is 8.56. The van der Waals surface area contributed by atoms with Crippen LogP contribution in [0.4, 0.5) is 0 Å². The molecule has 2 aromatic carbocycles. The number of ether oxygens (including phenoxy) is 3. The number of carbonyl (C=O) groups is 1. The van der Waals surface area contributed by atoms with Crippen LogP contribution in [0.1, 0.15) is 22.9 Å². The SMILES string of the molecule is CCN(Cc1ccc(OCc2cccs2)c(OC)c1)C(=O)C1COc2ccccc2C1. The molecular weight excluding hydrogens is 410 g/mol. The zero-order valence-electron chi connectivity index (χ0n) is 17.9. The van der Waals surface area contributed by atoms with Crippen molar-refractivity contribution in [2.24, 2.45) is 5.92 Å². The van der Waals surface area contributed by atoms with Crippen molar-refractivity contribution in [3.63, 3.8) is 0 Å². The molecule has 1 atom stereocenters. The van der Waals surface area contributed by atoms with Gasteiger partial charge in [0.25, 0.3) is 0 Å². The summed E-state index contributed by atoms with van der Waals surface area (Å²) in [6.45, 7) is 4.09. The first-order valence-electron chi connectivity index (χ1n) is 10.5. The Kier molecular flexibility index (Phi) is 6.77. The number of benzene rings is 2. The Morgan fingerprint density at radius 1 is 1.16 bits per heavy atom. The van der Waals surface area contributed by atoms with Crippen molar-refractivity contribution in [3.05, 3.63) is 76.0 Å². The van der Waals surface area contributed by atoms with Gasteiger partial charge in [-0.1, -0.05) is 30.3 Å². The van der Waals surface area contributed by atoms with Crippen molar-refractivity contribution in [2.75, 3.05) is 20.3 Å². The van der Waals surface area contributed by atoms with Crippen LogP contribution in [0, 0.1) is 5.92 Å². The summed E-state index contributed by atoms with van der Waals surface area (Å²) in [4.78, 5) is 16.2. The normalized spacial score (nSPS) is 15.0. The molecule has 1 unspecified atom stereocenters. The van der Waals surface area contributed by atoms with Gasteiger partial charge in [-0.15, -0.1) is 11.3 Å². The largest absolute Gasteiger partial charge is 0.493 e. The lowest BCUT2D eigenvalue weighted by Crippen LogP contribution is -2.40. The molecule has 0 saturated heterocycles. The molecule has 1 aliphatic heterocycles. The maximum Gasteiger partial charge on any atom is 0.229 e. The van der Waals surface area contributed by atoms with E-state index < -0.39 is 0 Å².